The van der Waals surface area contributed by atoms with E-state index in [9.17, 15) is 17.6 Å². The highest BCUT2D eigenvalue weighted by Crippen LogP contribution is 2.25. The predicted molar refractivity (Wildman–Crippen MR) is 115 cm³/mol. The number of nitrogens with zero attached hydrogens (tertiary/aromatic N) is 1. The summed E-state index contributed by atoms with van der Waals surface area (Å²) < 4.78 is 50.9. The molecule has 0 unspecified atom stereocenters. The number of ether oxygens (including phenoxy) is 2. The second-order valence-corrected chi connectivity index (χ2v) is 9.69. The van der Waals surface area contributed by atoms with Gasteiger partial charge >= 0.3 is 5.97 Å². The largest absolute Gasteiger partial charge is 0.493 e. The molecule has 0 saturated carbocycles. The molecule has 0 aliphatic carbocycles. The van der Waals surface area contributed by atoms with Crippen LogP contribution < -0.4 is 4.74 Å². The summed E-state index contributed by atoms with van der Waals surface area (Å²) in [5.74, 6) is -0.367. The van der Waals surface area contributed by atoms with Gasteiger partial charge in [-0.25, -0.2) is 12.8 Å². The van der Waals surface area contributed by atoms with E-state index in [0.29, 0.717) is 44.7 Å². The molecular weight excluding hydrogens is 421 g/mol. The van der Waals surface area contributed by atoms with Crippen LogP contribution in [-0.2, 0) is 19.6 Å². The normalized spacial score (nSPS) is 15.6. The molecule has 2 aromatic carbocycles. The maximum absolute atomic E-state index is 12.9. The molecule has 1 aliphatic heterocycles. The summed E-state index contributed by atoms with van der Waals surface area (Å²) in [6.45, 7) is 5.00. The second-order valence-electron chi connectivity index (χ2n) is 7.75. The topological polar surface area (TPSA) is 72.9 Å². The molecule has 168 valence electrons. The van der Waals surface area contributed by atoms with Crippen LogP contribution >= 0.6 is 0 Å². The van der Waals surface area contributed by atoms with Gasteiger partial charge in [-0.2, -0.15) is 4.31 Å². The van der Waals surface area contributed by atoms with Gasteiger partial charge in [0.15, 0.2) is 0 Å². The zero-order valence-electron chi connectivity index (χ0n) is 17.8. The molecule has 0 spiro atoms. The maximum atomic E-state index is 12.9. The fraction of sp³-hybridized carbons (Fsp3) is 0.435. The smallest absolute Gasteiger partial charge is 0.309 e. The monoisotopic (exact) mass is 449 g/mol. The number of benzene rings is 2. The average Bonchev–Trinajstić information content (AvgIpc) is 2.76. The van der Waals surface area contributed by atoms with Crippen LogP contribution in [0.15, 0.2) is 47.4 Å². The van der Waals surface area contributed by atoms with Crippen LogP contribution in [0.1, 0.15) is 30.4 Å². The van der Waals surface area contributed by atoms with Gasteiger partial charge in [-0.1, -0.05) is 6.07 Å². The summed E-state index contributed by atoms with van der Waals surface area (Å²) in [6, 6.07) is 10.9. The van der Waals surface area contributed by atoms with Crippen molar-refractivity contribution in [3.8, 4) is 5.75 Å². The summed E-state index contributed by atoms with van der Waals surface area (Å²) in [5, 5.41) is 0. The Morgan fingerprint density at radius 2 is 1.71 bits per heavy atom. The van der Waals surface area contributed by atoms with Crippen LogP contribution in [0.3, 0.4) is 0 Å². The zero-order valence-corrected chi connectivity index (χ0v) is 18.7. The first kappa shape index (κ1) is 23.2. The molecule has 0 N–H and O–H groups in total. The standard InChI is InChI=1S/C23H28FNO5S/c1-17-4-9-22(16-18(17)2)31(27,28)25-12-10-19(11-13-25)23(26)30-15-3-14-29-21-7-5-20(24)6-8-21/h4-9,16,19H,3,10-15H2,1-2H3. The number of hydrogen-bond donors (Lipinski definition) is 0. The van der Waals surface area contributed by atoms with Crippen LogP contribution in [0, 0.1) is 25.6 Å². The minimum atomic E-state index is -3.56. The fourth-order valence-corrected chi connectivity index (χ4v) is 4.98. The number of piperidine rings is 1. The quantitative estimate of drug-likeness (QED) is 0.452. The van der Waals surface area contributed by atoms with Crippen molar-refractivity contribution in [3.63, 3.8) is 0 Å². The van der Waals surface area contributed by atoms with Crippen molar-refractivity contribution in [2.24, 2.45) is 5.92 Å². The van der Waals surface area contributed by atoms with Crippen molar-refractivity contribution >= 4 is 16.0 Å². The number of sulfonamides is 1. The van der Waals surface area contributed by atoms with Crippen molar-refractivity contribution in [2.45, 2.75) is 38.0 Å². The summed E-state index contributed by atoms with van der Waals surface area (Å²) >= 11 is 0. The van der Waals surface area contributed by atoms with Crippen LogP contribution in [0.2, 0.25) is 0 Å². The highest BCUT2D eigenvalue weighted by atomic mass is 32.2. The first-order chi connectivity index (χ1) is 14.8. The van der Waals surface area contributed by atoms with E-state index in [-0.39, 0.29) is 29.2 Å². The van der Waals surface area contributed by atoms with E-state index in [1.807, 2.05) is 19.9 Å². The lowest BCUT2D eigenvalue weighted by Gasteiger charge is -2.30. The number of hydrogen-bond acceptors (Lipinski definition) is 5. The van der Waals surface area contributed by atoms with E-state index in [1.54, 1.807) is 24.3 Å². The third-order valence-electron chi connectivity index (χ3n) is 5.52. The molecule has 6 nitrogen and oxygen atoms in total. The molecule has 3 rings (SSSR count). The van der Waals surface area contributed by atoms with Crippen molar-refractivity contribution in [2.75, 3.05) is 26.3 Å². The molecule has 0 amide bonds. The number of carbonyl (C=O) groups is 1. The maximum Gasteiger partial charge on any atom is 0.309 e. The molecule has 1 heterocycles. The minimum absolute atomic E-state index is 0.223. The van der Waals surface area contributed by atoms with Gasteiger partial charge < -0.3 is 9.47 Å². The van der Waals surface area contributed by atoms with Crippen molar-refractivity contribution in [1.82, 2.24) is 4.31 Å². The molecule has 0 atom stereocenters. The van der Waals surface area contributed by atoms with Crippen LogP contribution in [0.25, 0.3) is 0 Å². The highest BCUT2D eigenvalue weighted by molar-refractivity contribution is 7.89. The van der Waals surface area contributed by atoms with E-state index in [4.69, 9.17) is 9.47 Å². The second kappa shape index (κ2) is 10.2. The Bertz CT molecular complexity index is 999. The minimum Gasteiger partial charge on any atom is -0.493 e. The van der Waals surface area contributed by atoms with Gasteiger partial charge in [0.2, 0.25) is 10.0 Å². The van der Waals surface area contributed by atoms with E-state index >= 15 is 0 Å². The Morgan fingerprint density at radius 3 is 2.35 bits per heavy atom. The summed E-state index contributed by atoms with van der Waals surface area (Å²) in [4.78, 5) is 12.6. The number of aryl methyl sites for hydroxylation is 2. The molecule has 1 fully saturated rings. The van der Waals surface area contributed by atoms with Gasteiger partial charge in [-0.05, 0) is 74.2 Å². The lowest BCUT2D eigenvalue weighted by molar-refractivity contribution is -0.150. The summed E-state index contributed by atoms with van der Waals surface area (Å²) in [7, 11) is -3.56. The molecule has 31 heavy (non-hydrogen) atoms. The Labute approximate surface area is 183 Å². The van der Waals surface area contributed by atoms with Gasteiger partial charge in [0, 0.05) is 19.5 Å². The lowest BCUT2D eigenvalue weighted by Crippen LogP contribution is -2.40. The first-order valence-corrected chi connectivity index (χ1v) is 11.8. The van der Waals surface area contributed by atoms with Gasteiger partial charge in [0.1, 0.15) is 11.6 Å². The number of halogens is 1. The number of esters is 1. The van der Waals surface area contributed by atoms with Crippen LogP contribution in [0.4, 0.5) is 4.39 Å². The molecule has 1 saturated heterocycles. The Kier molecular flexibility index (Phi) is 7.67. The Balaban J connectivity index is 1.41. The third kappa shape index (κ3) is 6.04. The summed E-state index contributed by atoms with van der Waals surface area (Å²) in [6.07, 6.45) is 1.40. The first-order valence-electron chi connectivity index (χ1n) is 10.4. The van der Waals surface area contributed by atoms with Crippen molar-refractivity contribution < 1.29 is 27.1 Å². The fourth-order valence-electron chi connectivity index (χ4n) is 3.43. The Morgan fingerprint density at radius 1 is 1.03 bits per heavy atom. The van der Waals surface area contributed by atoms with Crippen molar-refractivity contribution in [1.29, 1.82) is 0 Å². The molecule has 0 radical (unpaired) electrons. The van der Waals surface area contributed by atoms with Gasteiger partial charge in [-0.15, -0.1) is 0 Å². The SMILES string of the molecule is Cc1ccc(S(=O)(=O)N2CCC(C(=O)OCCCOc3ccc(F)cc3)CC2)cc1C. The van der Waals surface area contributed by atoms with Gasteiger partial charge in [0.05, 0.1) is 24.0 Å². The summed E-state index contributed by atoms with van der Waals surface area (Å²) in [5.41, 5.74) is 1.98. The zero-order chi connectivity index (χ0) is 22.4. The molecule has 1 aliphatic rings. The predicted octanol–water partition coefficient (Wildman–Crippen LogP) is 3.86. The van der Waals surface area contributed by atoms with Crippen LogP contribution in [0.5, 0.6) is 5.75 Å². The molecule has 0 bridgehead atoms. The molecule has 2 aromatic rings. The number of carbonyl (C=O) groups excluding carboxylic acids is 1. The van der Waals surface area contributed by atoms with E-state index in [1.165, 1.54) is 16.4 Å². The number of rotatable bonds is 8. The van der Waals surface area contributed by atoms with Gasteiger partial charge in [0.25, 0.3) is 0 Å². The van der Waals surface area contributed by atoms with Crippen molar-refractivity contribution in [3.05, 3.63) is 59.4 Å². The lowest BCUT2D eigenvalue weighted by atomic mass is 9.98. The van der Waals surface area contributed by atoms with E-state index < -0.39 is 10.0 Å². The molecule has 8 heteroatoms. The van der Waals surface area contributed by atoms with Crippen LogP contribution in [-0.4, -0.2) is 45.0 Å². The van der Waals surface area contributed by atoms with Gasteiger partial charge in [-0.3, -0.25) is 4.79 Å². The highest BCUT2D eigenvalue weighted by Gasteiger charge is 2.32. The average molecular weight is 450 g/mol. The van der Waals surface area contributed by atoms with E-state index in [2.05, 4.69) is 0 Å². The molecule has 0 aromatic heterocycles. The van der Waals surface area contributed by atoms with E-state index in [0.717, 1.165) is 11.1 Å². The Hall–Kier alpha value is -2.45. The molecular formula is C23H28FNO5S. The third-order valence-corrected chi connectivity index (χ3v) is 7.41.